The van der Waals surface area contributed by atoms with Gasteiger partial charge in [-0.1, -0.05) is 5.92 Å². The maximum Gasteiger partial charge on any atom is 0.483 e. The molecule has 0 amide bonds. The minimum absolute atomic E-state index is 0.202. The highest BCUT2D eigenvalue weighted by Crippen LogP contribution is 2.33. The predicted molar refractivity (Wildman–Crippen MR) is 110 cm³/mol. The lowest BCUT2D eigenvalue weighted by Gasteiger charge is -2.39. The summed E-state index contributed by atoms with van der Waals surface area (Å²) < 4.78 is 59.7. The maximum absolute atomic E-state index is 12.9. The minimum Gasteiger partial charge on any atom is -0.382 e. The maximum atomic E-state index is 12.9. The van der Waals surface area contributed by atoms with Gasteiger partial charge in [0.15, 0.2) is 9.73 Å². The molecule has 7 nitrogen and oxygen atoms in total. The molecule has 160 valence electrons. The Labute approximate surface area is 176 Å². The van der Waals surface area contributed by atoms with Crippen LogP contribution in [0.3, 0.4) is 0 Å². The molecule has 0 bridgehead atoms. The van der Waals surface area contributed by atoms with Crippen LogP contribution in [-0.2, 0) is 9.73 Å². The molecular weight excluding hydrogens is 437 g/mol. The second-order valence-electron chi connectivity index (χ2n) is 6.38. The van der Waals surface area contributed by atoms with Crippen LogP contribution in [0.5, 0.6) is 0 Å². The van der Waals surface area contributed by atoms with E-state index in [0.717, 1.165) is 12.1 Å². The van der Waals surface area contributed by atoms with E-state index in [1.54, 1.807) is 19.1 Å². The molecular formula is C18H19F3N6OS2. The standard InChI is InChI=1S/C18H19F3N6OS2/c1-2-3-14-12-26(29-17-9-8-16(22)24-25-17)10-11-27(14)13-4-6-15(7-5-13)30(23,28)18(19,20)21/h4-9,14,23H,10-12H2,1H3,(H2,22,24). The molecule has 1 aliphatic heterocycles. The minimum atomic E-state index is -5.11. The second kappa shape index (κ2) is 8.71. The summed E-state index contributed by atoms with van der Waals surface area (Å²) >= 11 is 1.43. The van der Waals surface area contributed by atoms with Gasteiger partial charge >= 0.3 is 5.51 Å². The topological polar surface area (TPSA) is 99.2 Å². The fourth-order valence-corrected chi connectivity index (χ4v) is 4.56. The second-order valence-corrected chi connectivity index (χ2v) is 9.54. The van der Waals surface area contributed by atoms with E-state index in [0.29, 0.717) is 36.2 Å². The van der Waals surface area contributed by atoms with Crippen molar-refractivity contribution < 1.29 is 17.4 Å². The van der Waals surface area contributed by atoms with E-state index in [1.807, 2.05) is 4.90 Å². The van der Waals surface area contributed by atoms with Crippen molar-refractivity contribution in [2.45, 2.75) is 28.4 Å². The first kappa shape index (κ1) is 22.2. The molecule has 2 atom stereocenters. The van der Waals surface area contributed by atoms with Crippen molar-refractivity contribution in [3.8, 4) is 11.8 Å². The van der Waals surface area contributed by atoms with Crippen molar-refractivity contribution in [2.24, 2.45) is 0 Å². The first-order valence-electron chi connectivity index (χ1n) is 8.78. The van der Waals surface area contributed by atoms with Crippen LogP contribution in [0.2, 0.25) is 0 Å². The number of nitrogens with one attached hydrogen (secondary N) is 1. The van der Waals surface area contributed by atoms with Crippen LogP contribution in [0.25, 0.3) is 0 Å². The Morgan fingerprint density at radius 2 is 1.90 bits per heavy atom. The summed E-state index contributed by atoms with van der Waals surface area (Å²) in [6, 6.07) is 8.34. The summed E-state index contributed by atoms with van der Waals surface area (Å²) in [5.41, 5.74) is 1.09. The van der Waals surface area contributed by atoms with Gasteiger partial charge in [0.25, 0.3) is 0 Å². The molecule has 2 aromatic rings. The number of nitrogens with two attached hydrogens (primary N) is 1. The van der Waals surface area contributed by atoms with E-state index < -0.39 is 20.1 Å². The number of rotatable bonds is 4. The van der Waals surface area contributed by atoms with Crippen LogP contribution in [-0.4, -0.2) is 49.9 Å². The monoisotopic (exact) mass is 456 g/mol. The van der Waals surface area contributed by atoms with Crippen molar-refractivity contribution in [1.82, 2.24) is 14.5 Å². The van der Waals surface area contributed by atoms with Crippen LogP contribution in [0.15, 0.2) is 46.3 Å². The third-order valence-corrected chi connectivity index (χ3v) is 6.95. The van der Waals surface area contributed by atoms with Gasteiger partial charge in [-0.05, 0) is 55.3 Å². The van der Waals surface area contributed by atoms with Gasteiger partial charge in [0.1, 0.15) is 16.9 Å². The van der Waals surface area contributed by atoms with Gasteiger partial charge in [-0.25, -0.2) is 13.3 Å². The van der Waals surface area contributed by atoms with E-state index in [4.69, 9.17) is 10.5 Å². The zero-order valence-electron chi connectivity index (χ0n) is 15.9. The molecule has 1 fully saturated rings. The zero-order chi connectivity index (χ0) is 21.9. The normalized spacial score (nSPS) is 19.6. The SMILES string of the molecule is CC#CC1CN(Sc2ccc(N)nn2)CCN1c1ccc(S(=N)(=O)C(F)(F)F)cc1. The number of aromatic nitrogens is 2. The fourth-order valence-electron chi connectivity index (χ4n) is 2.91. The number of benzene rings is 1. The Bertz CT molecular complexity index is 1050. The highest BCUT2D eigenvalue weighted by atomic mass is 32.2. The molecule has 3 rings (SSSR count). The number of alkyl halides is 3. The molecule has 1 aromatic heterocycles. The molecule has 0 aliphatic carbocycles. The summed E-state index contributed by atoms with van der Waals surface area (Å²) in [5.74, 6) is 6.34. The number of anilines is 2. The Morgan fingerprint density at radius 1 is 1.20 bits per heavy atom. The summed E-state index contributed by atoms with van der Waals surface area (Å²) in [4.78, 5) is 1.42. The zero-order valence-corrected chi connectivity index (χ0v) is 17.5. The smallest absolute Gasteiger partial charge is 0.382 e. The van der Waals surface area contributed by atoms with Gasteiger partial charge in [-0.15, -0.1) is 16.1 Å². The number of nitrogen functional groups attached to an aromatic ring is 1. The van der Waals surface area contributed by atoms with Crippen molar-refractivity contribution in [1.29, 1.82) is 4.78 Å². The fraction of sp³-hybridized carbons (Fsp3) is 0.333. The molecule has 30 heavy (non-hydrogen) atoms. The molecule has 2 unspecified atom stereocenters. The van der Waals surface area contributed by atoms with E-state index in [1.165, 1.54) is 24.1 Å². The summed E-state index contributed by atoms with van der Waals surface area (Å²) in [5, 5.41) is 8.56. The van der Waals surface area contributed by atoms with Crippen LogP contribution in [0.1, 0.15) is 6.92 Å². The van der Waals surface area contributed by atoms with Gasteiger partial charge in [0.05, 0.1) is 4.90 Å². The molecule has 0 saturated carbocycles. The van der Waals surface area contributed by atoms with Crippen LogP contribution in [0, 0.1) is 16.6 Å². The van der Waals surface area contributed by atoms with Crippen LogP contribution >= 0.6 is 11.9 Å². The highest BCUT2D eigenvalue weighted by molar-refractivity contribution is 7.97. The number of nitrogens with zero attached hydrogens (tertiary/aromatic N) is 4. The number of piperazine rings is 1. The number of halogens is 3. The van der Waals surface area contributed by atoms with Gasteiger partial charge in [-0.3, -0.25) is 0 Å². The predicted octanol–water partition coefficient (Wildman–Crippen LogP) is 3.21. The lowest BCUT2D eigenvalue weighted by molar-refractivity contribution is -0.0406. The van der Waals surface area contributed by atoms with E-state index in [9.17, 15) is 17.4 Å². The van der Waals surface area contributed by atoms with E-state index in [2.05, 4.69) is 26.3 Å². The molecule has 0 spiro atoms. The van der Waals surface area contributed by atoms with Crippen molar-refractivity contribution >= 4 is 33.2 Å². The molecule has 1 aromatic carbocycles. The lowest BCUT2D eigenvalue weighted by atomic mass is 10.1. The summed E-state index contributed by atoms with van der Waals surface area (Å²) in [6.07, 6.45) is 0. The third-order valence-electron chi connectivity index (χ3n) is 4.36. The first-order chi connectivity index (χ1) is 14.1. The average molecular weight is 457 g/mol. The van der Waals surface area contributed by atoms with E-state index in [-0.39, 0.29) is 6.04 Å². The quantitative estimate of drug-likeness (QED) is 0.538. The molecule has 1 saturated heterocycles. The highest BCUT2D eigenvalue weighted by Gasteiger charge is 2.43. The van der Waals surface area contributed by atoms with Crippen LogP contribution < -0.4 is 10.6 Å². The molecule has 0 radical (unpaired) electrons. The van der Waals surface area contributed by atoms with E-state index >= 15 is 0 Å². The van der Waals surface area contributed by atoms with Gasteiger partial charge in [-0.2, -0.15) is 13.2 Å². The first-order valence-corrected chi connectivity index (χ1v) is 11.1. The van der Waals surface area contributed by atoms with Gasteiger partial charge in [0, 0.05) is 25.3 Å². The summed E-state index contributed by atoms with van der Waals surface area (Å²) in [7, 11) is -4.87. The summed E-state index contributed by atoms with van der Waals surface area (Å²) in [6.45, 7) is 3.51. The number of hydrogen-bond donors (Lipinski definition) is 2. The Morgan fingerprint density at radius 3 is 2.47 bits per heavy atom. The van der Waals surface area contributed by atoms with Gasteiger partial charge in [0.2, 0.25) is 0 Å². The molecule has 1 aliphatic rings. The van der Waals surface area contributed by atoms with Gasteiger partial charge < -0.3 is 10.6 Å². The Hall–Kier alpha value is -2.49. The molecule has 2 heterocycles. The largest absolute Gasteiger partial charge is 0.483 e. The van der Waals surface area contributed by atoms with Crippen LogP contribution in [0.4, 0.5) is 24.7 Å². The van der Waals surface area contributed by atoms with Crippen molar-refractivity contribution in [3.63, 3.8) is 0 Å². The average Bonchev–Trinajstić information content (AvgIpc) is 2.69. The third kappa shape index (κ3) is 4.80. The molecule has 3 N–H and O–H groups in total. The number of hydrogen-bond acceptors (Lipinski definition) is 8. The lowest BCUT2D eigenvalue weighted by Crippen LogP contribution is -2.50. The Kier molecular flexibility index (Phi) is 6.44. The Balaban J connectivity index is 1.76. The van der Waals surface area contributed by atoms with Crippen molar-refractivity contribution in [2.75, 3.05) is 30.3 Å². The van der Waals surface area contributed by atoms with Crippen molar-refractivity contribution in [3.05, 3.63) is 36.4 Å². The molecule has 12 heteroatoms.